The van der Waals surface area contributed by atoms with E-state index < -0.39 is 23.3 Å². The van der Waals surface area contributed by atoms with E-state index in [0.717, 1.165) is 30.5 Å². The molecule has 4 nitrogen and oxygen atoms in total. The number of aromatic amines is 1. The summed E-state index contributed by atoms with van der Waals surface area (Å²) in [4.78, 5) is 25.0. The lowest BCUT2D eigenvalue weighted by Crippen LogP contribution is -2.14. The molecule has 0 saturated carbocycles. The Hall–Kier alpha value is -2.57. The molecule has 2 aromatic rings. The number of nitrogens with one attached hydrogen (secondary N) is 1. The Morgan fingerprint density at radius 2 is 1.90 bits per heavy atom. The molecule has 0 aliphatic rings. The van der Waals surface area contributed by atoms with Crippen LogP contribution in [0.2, 0.25) is 0 Å². The second-order valence-corrected chi connectivity index (χ2v) is 3.98. The quantitative estimate of drug-likeness (QED) is 0.890. The molecule has 0 fully saturated rings. The maximum atomic E-state index is 12.6. The number of pyridine rings is 1. The Kier molecular flexibility index (Phi) is 3.35. The van der Waals surface area contributed by atoms with Gasteiger partial charge in [-0.25, -0.2) is 4.79 Å². The molecule has 1 aromatic heterocycles. The van der Waals surface area contributed by atoms with Gasteiger partial charge in [-0.15, -0.1) is 0 Å². The second kappa shape index (κ2) is 4.84. The number of carboxylic acid groups (broad SMARTS) is 1. The molecule has 0 saturated heterocycles. The van der Waals surface area contributed by atoms with Gasteiger partial charge >= 0.3 is 12.1 Å². The summed E-state index contributed by atoms with van der Waals surface area (Å²) < 4.78 is 37.9. The Morgan fingerprint density at radius 1 is 1.20 bits per heavy atom. The maximum absolute atomic E-state index is 12.6. The number of hydrogen-bond acceptors (Lipinski definition) is 2. The van der Waals surface area contributed by atoms with Crippen LogP contribution >= 0.6 is 0 Å². The lowest BCUT2D eigenvalue weighted by atomic mass is 10.00. The highest BCUT2D eigenvalue weighted by Crippen LogP contribution is 2.32. The minimum Gasteiger partial charge on any atom is -0.478 e. The Morgan fingerprint density at radius 3 is 2.50 bits per heavy atom. The van der Waals surface area contributed by atoms with Crippen LogP contribution in [0.4, 0.5) is 13.2 Å². The normalized spacial score (nSPS) is 11.3. The number of aromatic nitrogens is 1. The van der Waals surface area contributed by atoms with Gasteiger partial charge in [-0.05, 0) is 23.8 Å². The molecule has 0 radical (unpaired) electrons. The molecule has 1 aromatic carbocycles. The molecule has 0 spiro atoms. The maximum Gasteiger partial charge on any atom is 0.416 e. The number of alkyl halides is 3. The van der Waals surface area contributed by atoms with Gasteiger partial charge in [-0.1, -0.05) is 12.1 Å². The molecular weight excluding hydrogens is 275 g/mol. The summed E-state index contributed by atoms with van der Waals surface area (Å²) in [5, 5.41) is 9.01. The van der Waals surface area contributed by atoms with Crippen LogP contribution in [-0.4, -0.2) is 16.1 Å². The molecule has 2 rings (SSSR count). The Labute approximate surface area is 110 Å². The average molecular weight is 283 g/mol. The zero-order valence-corrected chi connectivity index (χ0v) is 9.86. The van der Waals surface area contributed by atoms with Crippen LogP contribution in [0.3, 0.4) is 0 Å². The number of aromatic carboxylic acids is 1. The summed E-state index contributed by atoms with van der Waals surface area (Å²) in [6.45, 7) is 0. The first-order valence-corrected chi connectivity index (χ1v) is 5.43. The fourth-order valence-corrected chi connectivity index (χ4v) is 1.79. The summed E-state index contributed by atoms with van der Waals surface area (Å²) in [5.41, 5.74) is -2.46. The fourth-order valence-electron chi connectivity index (χ4n) is 1.79. The minimum absolute atomic E-state index is 0.0981. The fraction of sp³-hybridized carbons (Fsp3) is 0.0769. The molecule has 20 heavy (non-hydrogen) atoms. The van der Waals surface area contributed by atoms with E-state index >= 15 is 0 Å². The highest BCUT2D eigenvalue weighted by atomic mass is 19.4. The number of hydrogen-bond donors (Lipinski definition) is 2. The molecule has 0 aliphatic heterocycles. The SMILES string of the molecule is O=C(O)c1cc[nH]c(=O)c1-c1cccc(C(F)(F)F)c1. The Balaban J connectivity index is 2.70. The van der Waals surface area contributed by atoms with Gasteiger partial charge in [0.25, 0.3) is 5.56 Å². The van der Waals surface area contributed by atoms with E-state index in [0.29, 0.717) is 0 Å². The van der Waals surface area contributed by atoms with Crippen LogP contribution in [0.5, 0.6) is 0 Å². The topological polar surface area (TPSA) is 70.2 Å². The van der Waals surface area contributed by atoms with Crippen LogP contribution in [-0.2, 0) is 6.18 Å². The first-order chi connectivity index (χ1) is 9.30. The van der Waals surface area contributed by atoms with Crippen LogP contribution in [0.1, 0.15) is 15.9 Å². The van der Waals surface area contributed by atoms with Crippen molar-refractivity contribution in [1.82, 2.24) is 4.98 Å². The van der Waals surface area contributed by atoms with E-state index in [4.69, 9.17) is 5.11 Å². The molecular formula is C13H8F3NO3. The highest BCUT2D eigenvalue weighted by Gasteiger charge is 2.31. The summed E-state index contributed by atoms with van der Waals surface area (Å²) in [7, 11) is 0. The summed E-state index contributed by atoms with van der Waals surface area (Å²) >= 11 is 0. The molecule has 104 valence electrons. The van der Waals surface area contributed by atoms with Crippen molar-refractivity contribution in [3.05, 3.63) is 58.0 Å². The Bertz CT molecular complexity index is 719. The van der Waals surface area contributed by atoms with E-state index in [1.54, 1.807) is 0 Å². The summed E-state index contributed by atoms with van der Waals surface area (Å²) in [6, 6.07) is 5.10. The van der Waals surface area contributed by atoms with Gasteiger partial charge in [0.15, 0.2) is 0 Å². The van der Waals surface area contributed by atoms with E-state index in [2.05, 4.69) is 4.98 Å². The molecule has 0 amide bonds. The van der Waals surface area contributed by atoms with Crippen LogP contribution < -0.4 is 5.56 Å². The number of carbonyl (C=O) groups is 1. The van der Waals surface area contributed by atoms with Crippen molar-refractivity contribution in [1.29, 1.82) is 0 Å². The summed E-state index contributed by atoms with van der Waals surface area (Å²) in [6.07, 6.45) is -3.44. The number of H-pyrrole nitrogens is 1. The van der Waals surface area contributed by atoms with Gasteiger partial charge in [0.2, 0.25) is 0 Å². The summed E-state index contributed by atoms with van der Waals surface area (Å²) in [5.74, 6) is -1.39. The van der Waals surface area contributed by atoms with Gasteiger partial charge in [-0.2, -0.15) is 13.2 Å². The zero-order chi connectivity index (χ0) is 14.9. The second-order valence-electron chi connectivity index (χ2n) is 3.98. The van der Waals surface area contributed by atoms with Crippen molar-refractivity contribution in [3.63, 3.8) is 0 Å². The van der Waals surface area contributed by atoms with Crippen molar-refractivity contribution >= 4 is 5.97 Å². The van der Waals surface area contributed by atoms with E-state index in [9.17, 15) is 22.8 Å². The molecule has 2 N–H and O–H groups in total. The predicted molar refractivity (Wildman–Crippen MR) is 64.5 cm³/mol. The zero-order valence-electron chi connectivity index (χ0n) is 9.86. The smallest absolute Gasteiger partial charge is 0.416 e. The highest BCUT2D eigenvalue weighted by molar-refractivity contribution is 5.95. The third-order valence-electron chi connectivity index (χ3n) is 2.67. The third kappa shape index (κ3) is 2.56. The molecule has 0 aliphatic carbocycles. The van der Waals surface area contributed by atoms with E-state index in [-0.39, 0.29) is 16.7 Å². The van der Waals surface area contributed by atoms with Crippen LogP contribution in [0, 0.1) is 0 Å². The minimum atomic E-state index is -4.57. The van der Waals surface area contributed by atoms with E-state index in [1.807, 2.05) is 0 Å². The lowest BCUT2D eigenvalue weighted by molar-refractivity contribution is -0.137. The van der Waals surface area contributed by atoms with Crippen molar-refractivity contribution in [2.75, 3.05) is 0 Å². The lowest BCUT2D eigenvalue weighted by Gasteiger charge is -2.09. The van der Waals surface area contributed by atoms with Gasteiger partial charge in [0.05, 0.1) is 16.7 Å². The number of benzene rings is 1. The van der Waals surface area contributed by atoms with Gasteiger partial charge in [-0.3, -0.25) is 4.79 Å². The average Bonchev–Trinajstić information content (AvgIpc) is 2.37. The van der Waals surface area contributed by atoms with Gasteiger partial charge in [0, 0.05) is 6.20 Å². The van der Waals surface area contributed by atoms with Gasteiger partial charge in [0.1, 0.15) is 0 Å². The first-order valence-electron chi connectivity index (χ1n) is 5.43. The monoisotopic (exact) mass is 283 g/mol. The number of halogens is 3. The molecule has 0 unspecified atom stereocenters. The van der Waals surface area contributed by atoms with Crippen molar-refractivity contribution < 1.29 is 23.1 Å². The molecule has 0 bridgehead atoms. The van der Waals surface area contributed by atoms with Crippen LogP contribution in [0.25, 0.3) is 11.1 Å². The molecule has 1 heterocycles. The van der Waals surface area contributed by atoms with E-state index in [1.165, 1.54) is 6.07 Å². The van der Waals surface area contributed by atoms with Crippen molar-refractivity contribution in [3.8, 4) is 11.1 Å². The largest absolute Gasteiger partial charge is 0.478 e. The predicted octanol–water partition coefficient (Wildman–Crippen LogP) is 2.76. The molecule has 7 heteroatoms. The van der Waals surface area contributed by atoms with Crippen molar-refractivity contribution in [2.45, 2.75) is 6.18 Å². The van der Waals surface area contributed by atoms with Crippen molar-refractivity contribution in [2.24, 2.45) is 0 Å². The third-order valence-corrected chi connectivity index (χ3v) is 2.67. The standard InChI is InChI=1S/C13H8F3NO3/c14-13(15,16)8-3-1-2-7(6-8)10-9(12(19)20)4-5-17-11(10)18/h1-6H,(H,17,18)(H,19,20). The number of carboxylic acids is 1. The van der Waals surface area contributed by atoms with Gasteiger partial charge < -0.3 is 10.1 Å². The number of rotatable bonds is 2. The molecule has 0 atom stereocenters. The first kappa shape index (κ1) is 13.9. The van der Waals surface area contributed by atoms with Crippen LogP contribution in [0.15, 0.2) is 41.3 Å².